The average Bonchev–Trinajstić information content (AvgIpc) is 2.69. The second-order valence-corrected chi connectivity index (χ2v) is 6.92. The zero-order valence-corrected chi connectivity index (χ0v) is 14.8. The molecule has 0 saturated heterocycles. The summed E-state index contributed by atoms with van der Waals surface area (Å²) in [5.74, 6) is -3.69. The number of carboxylic acids is 1. The van der Waals surface area contributed by atoms with Gasteiger partial charge in [0.1, 0.15) is 0 Å². The summed E-state index contributed by atoms with van der Waals surface area (Å²) in [7, 11) is -4.45. The van der Waals surface area contributed by atoms with Gasteiger partial charge in [0.05, 0.1) is 11.2 Å². The number of hydrogen-bond donors (Lipinski definition) is 2. The largest absolute Gasteiger partial charge is 1.00 e. The number of carbonyl (C=O) groups is 3. The molecule has 3 atom stereocenters. The van der Waals surface area contributed by atoms with Gasteiger partial charge in [-0.1, -0.05) is 0 Å². The van der Waals surface area contributed by atoms with Gasteiger partial charge in [0.2, 0.25) is 0 Å². The summed E-state index contributed by atoms with van der Waals surface area (Å²) in [6.07, 6.45) is 2.41. The summed E-state index contributed by atoms with van der Waals surface area (Å²) in [5.41, 5.74) is 0. The zero-order valence-electron chi connectivity index (χ0n) is 13.0. The van der Waals surface area contributed by atoms with E-state index in [1.54, 1.807) is 0 Å². The van der Waals surface area contributed by atoms with Crippen molar-refractivity contribution in [2.45, 2.75) is 24.5 Å². The Kier molecular flexibility index (Phi) is 6.34. The maximum atomic E-state index is 11.5. The van der Waals surface area contributed by atoms with Crippen molar-refractivity contribution in [3.05, 3.63) is 12.2 Å². The van der Waals surface area contributed by atoms with Gasteiger partial charge in [-0.2, -0.15) is 8.42 Å². The fourth-order valence-electron chi connectivity index (χ4n) is 2.84. The molecule has 10 heteroatoms. The molecular formula is C12H16NNaO7S. The average molecular weight is 341 g/mol. The molecule has 1 heterocycles. The molecule has 0 aromatic rings. The van der Waals surface area contributed by atoms with Crippen molar-refractivity contribution >= 4 is 27.9 Å². The molecule has 2 N–H and O–H groups in total. The summed E-state index contributed by atoms with van der Waals surface area (Å²) in [5, 5.41) is 7.69. The van der Waals surface area contributed by atoms with Crippen LogP contribution in [0.15, 0.2) is 12.2 Å². The molecule has 22 heavy (non-hydrogen) atoms. The maximum absolute atomic E-state index is 11.5. The fraction of sp³-hybridized carbons (Fsp3) is 0.583. The molecule has 1 saturated carbocycles. The van der Waals surface area contributed by atoms with Gasteiger partial charge in [-0.15, -0.1) is 0 Å². The summed E-state index contributed by atoms with van der Waals surface area (Å²) >= 11 is 0. The first kappa shape index (κ1) is 19.3. The van der Waals surface area contributed by atoms with Crippen LogP contribution in [-0.2, 0) is 24.5 Å². The minimum absolute atomic E-state index is 0. The second kappa shape index (κ2) is 7.22. The number of imide groups is 1. The monoisotopic (exact) mass is 341 g/mol. The smallest absolute Gasteiger partial charge is 1.00 e. The van der Waals surface area contributed by atoms with Gasteiger partial charge >= 0.3 is 35.5 Å². The minimum Gasteiger partial charge on any atom is -1.00 e. The number of carbonyl (C=O) groups excluding carboxylic acids is 2. The maximum Gasteiger partial charge on any atom is 1.00 e. The van der Waals surface area contributed by atoms with Crippen LogP contribution < -0.4 is 29.6 Å². The second-order valence-electron chi connectivity index (χ2n) is 5.28. The van der Waals surface area contributed by atoms with Gasteiger partial charge in [0.15, 0.2) is 0 Å². The fourth-order valence-corrected chi connectivity index (χ4v) is 4.02. The van der Waals surface area contributed by atoms with Crippen molar-refractivity contribution in [3.63, 3.8) is 0 Å². The molecule has 3 unspecified atom stereocenters. The molecule has 118 valence electrons. The first-order valence-corrected chi connectivity index (χ1v) is 7.93. The summed E-state index contributed by atoms with van der Waals surface area (Å²) in [6, 6.07) is 0. The summed E-state index contributed by atoms with van der Waals surface area (Å²) < 4.78 is 32.2. The number of amides is 2. The van der Waals surface area contributed by atoms with Crippen LogP contribution >= 0.6 is 0 Å². The Bertz CT molecular complexity index is 603. The van der Waals surface area contributed by atoms with E-state index in [0.717, 1.165) is 17.1 Å². The van der Waals surface area contributed by atoms with Gasteiger partial charge in [-0.3, -0.25) is 23.8 Å². The van der Waals surface area contributed by atoms with Gasteiger partial charge < -0.3 is 6.53 Å². The Balaban J connectivity index is 0.00000242. The van der Waals surface area contributed by atoms with Crippen LogP contribution in [0.4, 0.5) is 0 Å². The van der Waals surface area contributed by atoms with Gasteiger partial charge in [0.25, 0.3) is 21.9 Å². The van der Waals surface area contributed by atoms with E-state index in [9.17, 15) is 27.4 Å². The van der Waals surface area contributed by atoms with E-state index in [1.165, 1.54) is 0 Å². The SMILES string of the molecule is O=C(O)C1CCC(CN2C(=O)C=CC2=O)C(S(=O)(=O)O)C1.[H-].[Na+]. The third kappa shape index (κ3) is 4.17. The predicted octanol–water partition coefficient (Wildman–Crippen LogP) is -3.21. The van der Waals surface area contributed by atoms with Crippen molar-refractivity contribution in [1.29, 1.82) is 0 Å². The van der Waals surface area contributed by atoms with Gasteiger partial charge in [0, 0.05) is 18.7 Å². The molecule has 0 bridgehead atoms. The van der Waals surface area contributed by atoms with Crippen molar-refractivity contribution in [2.24, 2.45) is 11.8 Å². The van der Waals surface area contributed by atoms with Crippen LogP contribution in [0.25, 0.3) is 0 Å². The van der Waals surface area contributed by atoms with E-state index in [2.05, 4.69) is 0 Å². The van der Waals surface area contributed by atoms with E-state index in [0.29, 0.717) is 0 Å². The summed E-state index contributed by atoms with van der Waals surface area (Å²) in [4.78, 5) is 34.9. The molecule has 0 radical (unpaired) electrons. The number of nitrogens with zero attached hydrogens (tertiary/aromatic N) is 1. The first-order valence-electron chi connectivity index (χ1n) is 6.42. The zero-order chi connectivity index (χ0) is 15.8. The predicted molar refractivity (Wildman–Crippen MR) is 70.8 cm³/mol. The van der Waals surface area contributed by atoms with Gasteiger partial charge in [-0.05, 0) is 25.2 Å². The molecule has 0 spiro atoms. The Morgan fingerprint density at radius 2 is 1.82 bits per heavy atom. The molecule has 1 fully saturated rings. The van der Waals surface area contributed by atoms with Crippen LogP contribution in [0.3, 0.4) is 0 Å². The number of hydrogen-bond acceptors (Lipinski definition) is 5. The Morgan fingerprint density at radius 3 is 2.27 bits per heavy atom. The summed E-state index contributed by atoms with van der Waals surface area (Å²) in [6.45, 7) is -0.137. The normalized spacial score (nSPS) is 28.6. The molecule has 1 aliphatic carbocycles. The number of aliphatic carboxylic acids is 1. The van der Waals surface area contributed by atoms with E-state index in [4.69, 9.17) is 5.11 Å². The van der Waals surface area contributed by atoms with E-state index in [-0.39, 0.29) is 56.8 Å². The van der Waals surface area contributed by atoms with Crippen molar-refractivity contribution < 1.29 is 63.4 Å². The Morgan fingerprint density at radius 1 is 1.27 bits per heavy atom. The molecule has 2 aliphatic rings. The van der Waals surface area contributed by atoms with Crippen LogP contribution in [0.2, 0.25) is 0 Å². The van der Waals surface area contributed by atoms with E-state index >= 15 is 0 Å². The number of carboxylic acid groups (broad SMARTS) is 1. The van der Waals surface area contributed by atoms with Crippen LogP contribution in [0.1, 0.15) is 20.7 Å². The van der Waals surface area contributed by atoms with Crippen LogP contribution in [-0.4, -0.2) is 52.6 Å². The molecule has 2 rings (SSSR count). The number of rotatable bonds is 4. The Labute approximate surface area is 151 Å². The van der Waals surface area contributed by atoms with Gasteiger partial charge in [-0.25, -0.2) is 0 Å². The Hall–Kier alpha value is -0.740. The molecular weight excluding hydrogens is 325 g/mol. The topological polar surface area (TPSA) is 129 Å². The molecule has 0 aromatic heterocycles. The standard InChI is InChI=1S/C12H15NO7S.Na.H/c14-10-3-4-11(15)13(10)6-8-2-1-7(12(16)17)5-9(8)21(18,19)20;;/h3-4,7-9H,1-2,5-6H2,(H,16,17)(H,18,19,20);;/q;+1;-1. The van der Waals surface area contributed by atoms with Crippen LogP contribution in [0, 0.1) is 11.8 Å². The first-order chi connectivity index (χ1) is 9.70. The molecule has 0 aromatic carbocycles. The third-order valence-electron chi connectivity index (χ3n) is 3.98. The molecule has 8 nitrogen and oxygen atoms in total. The minimum atomic E-state index is -4.45. The van der Waals surface area contributed by atoms with E-state index < -0.39 is 45.0 Å². The third-order valence-corrected chi connectivity index (χ3v) is 5.32. The van der Waals surface area contributed by atoms with Crippen molar-refractivity contribution in [1.82, 2.24) is 4.90 Å². The van der Waals surface area contributed by atoms with E-state index in [1.807, 2.05) is 0 Å². The quantitative estimate of drug-likeness (QED) is 0.313. The van der Waals surface area contributed by atoms with Crippen molar-refractivity contribution in [3.8, 4) is 0 Å². The molecule has 1 aliphatic heterocycles. The van der Waals surface area contributed by atoms with Crippen molar-refractivity contribution in [2.75, 3.05) is 6.54 Å². The van der Waals surface area contributed by atoms with Crippen LogP contribution in [0.5, 0.6) is 0 Å². The molecule has 2 amide bonds.